The third kappa shape index (κ3) is 3.94. The predicted octanol–water partition coefficient (Wildman–Crippen LogP) is 1.16. The topological polar surface area (TPSA) is 114 Å². The summed E-state index contributed by atoms with van der Waals surface area (Å²) in [7, 11) is -2.70. The number of hydrogen-bond acceptors (Lipinski definition) is 7. The van der Waals surface area contributed by atoms with E-state index in [2.05, 4.69) is 4.98 Å². The minimum absolute atomic E-state index is 0.0159. The van der Waals surface area contributed by atoms with Crippen LogP contribution >= 0.6 is 11.3 Å². The second-order valence-electron chi connectivity index (χ2n) is 8.53. The van der Waals surface area contributed by atoms with E-state index in [0.717, 1.165) is 21.5 Å². The van der Waals surface area contributed by atoms with Crippen molar-refractivity contribution < 1.29 is 13.5 Å². The lowest BCUT2D eigenvalue weighted by Gasteiger charge is -2.17. The number of pyridine rings is 1. The van der Waals surface area contributed by atoms with Crippen LogP contribution in [0.5, 0.6) is 0 Å². The molecule has 0 amide bonds. The van der Waals surface area contributed by atoms with Gasteiger partial charge in [0.05, 0.1) is 11.5 Å². The Bertz CT molecular complexity index is 1370. The van der Waals surface area contributed by atoms with Gasteiger partial charge in [0, 0.05) is 50.4 Å². The van der Waals surface area contributed by atoms with Gasteiger partial charge in [0.15, 0.2) is 0 Å². The zero-order valence-electron chi connectivity index (χ0n) is 18.2. The number of sulfonamides is 1. The highest BCUT2D eigenvalue weighted by Gasteiger charge is 2.37. The summed E-state index contributed by atoms with van der Waals surface area (Å²) in [6, 6.07) is 3.61. The normalized spacial score (nSPS) is 17.6. The number of fused-ring (bicyclic) bond motifs is 1. The first-order chi connectivity index (χ1) is 15.1. The molecule has 11 heteroatoms. The summed E-state index contributed by atoms with van der Waals surface area (Å²) < 4.78 is 31.1. The maximum Gasteiger partial charge on any atom is 0.331 e. The third-order valence-corrected chi connectivity index (χ3v) is 8.87. The van der Waals surface area contributed by atoms with Crippen molar-refractivity contribution in [2.75, 3.05) is 13.1 Å². The maximum atomic E-state index is 13.7. The predicted molar refractivity (Wildman–Crippen MR) is 123 cm³/mol. The Hall–Kier alpha value is -2.34. The fourth-order valence-corrected chi connectivity index (χ4v) is 7.51. The van der Waals surface area contributed by atoms with Gasteiger partial charge in [-0.2, -0.15) is 4.31 Å². The quantitative estimate of drug-likeness (QED) is 0.569. The van der Waals surface area contributed by atoms with Crippen LogP contribution < -0.4 is 11.2 Å². The molecule has 172 valence electrons. The molecular formula is C21H26N4O5S2. The second kappa shape index (κ2) is 8.54. The van der Waals surface area contributed by atoms with Crippen molar-refractivity contribution in [2.24, 2.45) is 13.0 Å². The van der Waals surface area contributed by atoms with E-state index in [1.807, 2.05) is 19.9 Å². The number of β-amino-alcohol motifs (C(OH)–C–C–N with tert-alkyl or cyclic N) is 1. The Morgan fingerprint density at radius 2 is 2.06 bits per heavy atom. The van der Waals surface area contributed by atoms with Crippen molar-refractivity contribution in [3.8, 4) is 0 Å². The maximum absolute atomic E-state index is 13.7. The highest BCUT2D eigenvalue weighted by atomic mass is 32.2. The van der Waals surface area contributed by atoms with Crippen molar-refractivity contribution in [3.63, 3.8) is 0 Å². The minimum Gasteiger partial charge on any atom is -0.392 e. The first-order valence-electron chi connectivity index (χ1n) is 10.4. The summed E-state index contributed by atoms with van der Waals surface area (Å²) >= 11 is 1.16. The van der Waals surface area contributed by atoms with Crippen LogP contribution in [-0.2, 0) is 30.0 Å². The molecule has 4 rings (SSSR count). The van der Waals surface area contributed by atoms with E-state index in [9.17, 15) is 23.1 Å². The molecule has 0 saturated carbocycles. The molecule has 1 atom stereocenters. The van der Waals surface area contributed by atoms with Crippen LogP contribution in [0.4, 0.5) is 0 Å². The van der Waals surface area contributed by atoms with E-state index in [1.54, 1.807) is 18.5 Å². The molecule has 3 aromatic rings. The second-order valence-corrected chi connectivity index (χ2v) is 11.5. The van der Waals surface area contributed by atoms with Gasteiger partial charge in [-0.3, -0.25) is 18.9 Å². The average molecular weight is 479 g/mol. The number of hydrogen-bond donors (Lipinski definition) is 1. The molecule has 0 bridgehead atoms. The van der Waals surface area contributed by atoms with E-state index in [1.165, 1.54) is 15.9 Å². The highest BCUT2D eigenvalue weighted by Crippen LogP contribution is 2.36. The van der Waals surface area contributed by atoms with Gasteiger partial charge < -0.3 is 5.11 Å². The van der Waals surface area contributed by atoms with Crippen molar-refractivity contribution in [1.29, 1.82) is 0 Å². The zero-order chi connectivity index (χ0) is 23.2. The van der Waals surface area contributed by atoms with Crippen LogP contribution in [0.1, 0.15) is 30.7 Å². The van der Waals surface area contributed by atoms with E-state index in [0.29, 0.717) is 22.7 Å². The molecule has 1 unspecified atom stereocenters. The number of aliphatic hydroxyl groups is 1. The van der Waals surface area contributed by atoms with Crippen molar-refractivity contribution in [2.45, 2.75) is 44.2 Å². The lowest BCUT2D eigenvalue weighted by atomic mass is 10.2. The molecule has 0 aliphatic carbocycles. The number of rotatable bonds is 6. The summed E-state index contributed by atoms with van der Waals surface area (Å²) in [4.78, 5) is 31.0. The van der Waals surface area contributed by atoms with Crippen molar-refractivity contribution >= 4 is 31.6 Å². The van der Waals surface area contributed by atoms with Crippen LogP contribution in [0, 0.1) is 5.92 Å². The van der Waals surface area contributed by atoms with Crippen LogP contribution in [0.2, 0.25) is 0 Å². The molecule has 4 heterocycles. The summed E-state index contributed by atoms with van der Waals surface area (Å²) in [5.41, 5.74) is -0.297. The van der Waals surface area contributed by atoms with Gasteiger partial charge in [0.1, 0.15) is 9.73 Å². The van der Waals surface area contributed by atoms with Crippen LogP contribution in [-0.4, -0.2) is 51.1 Å². The van der Waals surface area contributed by atoms with Crippen LogP contribution in [0.15, 0.2) is 39.0 Å². The van der Waals surface area contributed by atoms with E-state index < -0.39 is 27.4 Å². The molecule has 1 fully saturated rings. The van der Waals surface area contributed by atoms with Gasteiger partial charge in [0.2, 0.25) is 10.0 Å². The lowest BCUT2D eigenvalue weighted by molar-refractivity contribution is 0.189. The SMILES string of the molecule is CC(C)Cn1c(=O)n(C)c(=O)c2c(S(=O)(=O)N3CCC(O)C3)c(Cc3cccnc3)sc21. The molecule has 3 aromatic heterocycles. The Morgan fingerprint density at radius 1 is 1.31 bits per heavy atom. The summed E-state index contributed by atoms with van der Waals surface area (Å²) in [6.07, 6.45) is 3.15. The Balaban J connectivity index is 2.05. The summed E-state index contributed by atoms with van der Waals surface area (Å²) in [5, 5.41) is 9.97. The molecule has 9 nitrogen and oxygen atoms in total. The standard InChI is InChI=1S/C21H26N4O5S2/c1-13(2)11-25-20-17(19(27)23(3)21(25)28)18(32(29,30)24-8-6-15(26)12-24)16(31-20)9-14-5-4-7-22-10-14/h4-5,7,10,13,15,26H,6,8-9,11-12H2,1-3H3. The van der Waals surface area contributed by atoms with Gasteiger partial charge in [-0.25, -0.2) is 13.2 Å². The smallest absolute Gasteiger partial charge is 0.331 e. The first-order valence-corrected chi connectivity index (χ1v) is 12.7. The molecule has 32 heavy (non-hydrogen) atoms. The molecule has 1 aliphatic heterocycles. The Kier molecular flexibility index (Phi) is 6.10. The van der Waals surface area contributed by atoms with E-state index in [4.69, 9.17) is 0 Å². The minimum atomic E-state index is -4.07. The Morgan fingerprint density at radius 3 is 2.66 bits per heavy atom. The fourth-order valence-electron chi connectivity index (χ4n) is 4.01. The van der Waals surface area contributed by atoms with Crippen LogP contribution in [0.25, 0.3) is 10.2 Å². The van der Waals surface area contributed by atoms with Crippen LogP contribution in [0.3, 0.4) is 0 Å². The first kappa shape index (κ1) is 22.8. The van der Waals surface area contributed by atoms with E-state index >= 15 is 0 Å². The number of aromatic nitrogens is 3. The third-order valence-electron chi connectivity index (χ3n) is 5.55. The molecular weight excluding hydrogens is 452 g/mol. The van der Waals surface area contributed by atoms with Gasteiger partial charge >= 0.3 is 5.69 Å². The Labute approximate surface area is 189 Å². The van der Waals surface area contributed by atoms with Gasteiger partial charge in [-0.1, -0.05) is 19.9 Å². The largest absolute Gasteiger partial charge is 0.392 e. The molecule has 1 aliphatic rings. The molecule has 0 radical (unpaired) electrons. The average Bonchev–Trinajstić information content (AvgIpc) is 3.35. The van der Waals surface area contributed by atoms with Gasteiger partial charge in [-0.05, 0) is 24.0 Å². The summed E-state index contributed by atoms with van der Waals surface area (Å²) in [6.45, 7) is 4.43. The summed E-state index contributed by atoms with van der Waals surface area (Å²) in [5.74, 6) is 0.117. The number of thiophene rings is 1. The zero-order valence-corrected chi connectivity index (χ0v) is 19.8. The molecule has 1 saturated heterocycles. The van der Waals surface area contributed by atoms with E-state index in [-0.39, 0.29) is 35.7 Å². The molecule has 1 N–H and O–H groups in total. The fraction of sp³-hybridized carbons (Fsp3) is 0.476. The van der Waals surface area contributed by atoms with Gasteiger partial charge in [-0.15, -0.1) is 11.3 Å². The highest BCUT2D eigenvalue weighted by molar-refractivity contribution is 7.89. The van der Waals surface area contributed by atoms with Crippen molar-refractivity contribution in [1.82, 2.24) is 18.4 Å². The van der Waals surface area contributed by atoms with Gasteiger partial charge in [0.25, 0.3) is 5.56 Å². The monoisotopic (exact) mass is 478 g/mol. The molecule has 0 spiro atoms. The van der Waals surface area contributed by atoms with Crippen molar-refractivity contribution in [3.05, 3.63) is 55.8 Å². The number of nitrogens with zero attached hydrogens (tertiary/aromatic N) is 4. The molecule has 0 aromatic carbocycles. The number of aliphatic hydroxyl groups excluding tert-OH is 1. The lowest BCUT2D eigenvalue weighted by Crippen LogP contribution is -2.39.